The number of amides is 1. The summed E-state index contributed by atoms with van der Waals surface area (Å²) in [6.45, 7) is 0.586. The van der Waals surface area contributed by atoms with Crippen LogP contribution in [0, 0.1) is 0 Å². The van der Waals surface area contributed by atoms with E-state index >= 15 is 0 Å². The molecule has 150 valence electrons. The summed E-state index contributed by atoms with van der Waals surface area (Å²) in [5.41, 5.74) is 2.54. The SMILES string of the molecule is CN(Cc1ccccn1)C(=O)c1ccc2c(c1)C(c1ncn[nH]1)CN2S(C)(=O)=O. The van der Waals surface area contributed by atoms with Gasteiger partial charge in [0.2, 0.25) is 10.0 Å². The van der Waals surface area contributed by atoms with E-state index in [9.17, 15) is 13.2 Å². The minimum Gasteiger partial charge on any atom is -0.336 e. The molecule has 0 fully saturated rings. The Kier molecular flexibility index (Phi) is 4.79. The fourth-order valence-corrected chi connectivity index (χ4v) is 4.46. The van der Waals surface area contributed by atoms with Crippen LogP contribution in [0.3, 0.4) is 0 Å². The molecule has 10 heteroatoms. The predicted molar refractivity (Wildman–Crippen MR) is 107 cm³/mol. The first-order valence-electron chi connectivity index (χ1n) is 8.97. The van der Waals surface area contributed by atoms with Crippen LogP contribution in [-0.4, -0.2) is 59.2 Å². The first-order chi connectivity index (χ1) is 13.8. The van der Waals surface area contributed by atoms with Crippen LogP contribution in [0.15, 0.2) is 48.9 Å². The zero-order valence-electron chi connectivity index (χ0n) is 16.0. The van der Waals surface area contributed by atoms with E-state index in [1.54, 1.807) is 36.3 Å². The highest BCUT2D eigenvalue weighted by Crippen LogP contribution is 2.40. The third-order valence-corrected chi connectivity index (χ3v) is 6.05. The summed E-state index contributed by atoms with van der Waals surface area (Å²) in [5, 5.41) is 6.68. The summed E-state index contributed by atoms with van der Waals surface area (Å²) in [7, 11) is -1.75. The predicted octanol–water partition coefficient (Wildman–Crippen LogP) is 1.38. The molecule has 0 saturated heterocycles. The van der Waals surface area contributed by atoms with Crippen LogP contribution >= 0.6 is 0 Å². The average Bonchev–Trinajstić information content (AvgIpc) is 3.34. The van der Waals surface area contributed by atoms with Crippen molar-refractivity contribution in [2.45, 2.75) is 12.5 Å². The summed E-state index contributed by atoms with van der Waals surface area (Å²) in [6.07, 6.45) is 4.23. The number of sulfonamides is 1. The number of aromatic amines is 1. The maximum atomic E-state index is 13.0. The fraction of sp³-hybridized carbons (Fsp3) is 0.263. The van der Waals surface area contributed by atoms with Crippen molar-refractivity contribution in [3.05, 3.63) is 71.6 Å². The second-order valence-electron chi connectivity index (χ2n) is 6.97. The summed E-state index contributed by atoms with van der Waals surface area (Å²) >= 11 is 0. The minimum atomic E-state index is -3.46. The normalized spacial score (nSPS) is 15.9. The molecule has 1 atom stereocenters. The lowest BCUT2D eigenvalue weighted by Crippen LogP contribution is -2.29. The van der Waals surface area contributed by atoms with E-state index in [1.807, 2.05) is 18.2 Å². The quantitative estimate of drug-likeness (QED) is 0.678. The third-order valence-electron chi connectivity index (χ3n) is 4.90. The Balaban J connectivity index is 1.67. The number of nitrogens with zero attached hydrogens (tertiary/aromatic N) is 5. The first-order valence-corrected chi connectivity index (χ1v) is 10.8. The summed E-state index contributed by atoms with van der Waals surface area (Å²) < 4.78 is 25.8. The number of carbonyl (C=O) groups is 1. The monoisotopic (exact) mass is 412 g/mol. The lowest BCUT2D eigenvalue weighted by atomic mass is 9.98. The van der Waals surface area contributed by atoms with Gasteiger partial charge in [-0.1, -0.05) is 6.07 Å². The molecule has 1 unspecified atom stereocenters. The molecule has 29 heavy (non-hydrogen) atoms. The molecular formula is C19H20N6O3S. The van der Waals surface area contributed by atoms with Gasteiger partial charge >= 0.3 is 0 Å². The molecule has 1 amide bonds. The molecule has 0 spiro atoms. The molecule has 3 aromatic rings. The van der Waals surface area contributed by atoms with Crippen molar-refractivity contribution < 1.29 is 13.2 Å². The molecule has 4 rings (SSSR count). The molecule has 3 heterocycles. The zero-order valence-corrected chi connectivity index (χ0v) is 16.8. The summed E-state index contributed by atoms with van der Waals surface area (Å²) in [5.74, 6) is 0.0625. The van der Waals surface area contributed by atoms with E-state index < -0.39 is 10.0 Å². The maximum Gasteiger partial charge on any atom is 0.253 e. The number of pyridine rings is 1. The van der Waals surface area contributed by atoms with Crippen molar-refractivity contribution in [1.29, 1.82) is 0 Å². The largest absolute Gasteiger partial charge is 0.336 e. The fourth-order valence-electron chi connectivity index (χ4n) is 3.51. The molecule has 1 aliphatic heterocycles. The first kappa shape index (κ1) is 19.1. The molecule has 0 bridgehead atoms. The number of benzene rings is 1. The van der Waals surface area contributed by atoms with E-state index in [2.05, 4.69) is 20.2 Å². The molecule has 2 aromatic heterocycles. The van der Waals surface area contributed by atoms with E-state index in [0.717, 1.165) is 11.3 Å². The Bertz CT molecular complexity index is 1130. The van der Waals surface area contributed by atoms with Gasteiger partial charge in [-0.25, -0.2) is 13.4 Å². The number of aromatic nitrogens is 4. The van der Waals surface area contributed by atoms with Gasteiger partial charge in [0.15, 0.2) is 0 Å². The second-order valence-corrected chi connectivity index (χ2v) is 8.88. The Morgan fingerprint density at radius 1 is 1.28 bits per heavy atom. The number of H-pyrrole nitrogens is 1. The lowest BCUT2D eigenvalue weighted by molar-refractivity contribution is 0.0783. The van der Waals surface area contributed by atoms with Gasteiger partial charge in [0.25, 0.3) is 5.91 Å². The number of hydrogen-bond donors (Lipinski definition) is 1. The van der Waals surface area contributed by atoms with Crippen LogP contribution in [0.5, 0.6) is 0 Å². The molecule has 1 aliphatic rings. The van der Waals surface area contributed by atoms with Crippen LogP contribution < -0.4 is 4.31 Å². The number of nitrogens with one attached hydrogen (secondary N) is 1. The van der Waals surface area contributed by atoms with Crippen LogP contribution in [-0.2, 0) is 16.6 Å². The highest BCUT2D eigenvalue weighted by molar-refractivity contribution is 7.92. The molecule has 9 nitrogen and oxygen atoms in total. The van der Waals surface area contributed by atoms with Crippen molar-refractivity contribution in [3.63, 3.8) is 0 Å². The molecule has 0 saturated carbocycles. The average molecular weight is 412 g/mol. The zero-order chi connectivity index (χ0) is 20.6. The molecule has 0 radical (unpaired) electrons. The van der Waals surface area contributed by atoms with Gasteiger partial charge in [-0.3, -0.25) is 19.2 Å². The van der Waals surface area contributed by atoms with Crippen molar-refractivity contribution >= 4 is 21.6 Å². The summed E-state index contributed by atoms with van der Waals surface area (Å²) in [4.78, 5) is 23.0. The molecular weight excluding hydrogens is 392 g/mol. The standard InChI is InChI=1S/C19H20N6O3S/c1-24(10-14-5-3-4-8-20-14)19(26)13-6-7-17-15(9-13)16(18-21-12-22-23-18)11-25(17)29(2,27)28/h3-9,12,16H,10-11H2,1-2H3,(H,21,22,23). The third kappa shape index (κ3) is 3.70. The number of anilines is 1. The van der Waals surface area contributed by atoms with Gasteiger partial charge in [-0.2, -0.15) is 5.10 Å². The Morgan fingerprint density at radius 2 is 2.10 bits per heavy atom. The highest BCUT2D eigenvalue weighted by Gasteiger charge is 2.36. The molecule has 0 aliphatic carbocycles. The van der Waals surface area contributed by atoms with Crippen molar-refractivity contribution in [1.82, 2.24) is 25.1 Å². The van der Waals surface area contributed by atoms with E-state index in [-0.39, 0.29) is 18.4 Å². The van der Waals surface area contributed by atoms with Crippen LogP contribution in [0.2, 0.25) is 0 Å². The molecule has 1 N–H and O–H groups in total. The highest BCUT2D eigenvalue weighted by atomic mass is 32.2. The van der Waals surface area contributed by atoms with Gasteiger partial charge in [0.1, 0.15) is 12.2 Å². The van der Waals surface area contributed by atoms with Gasteiger partial charge in [-0.05, 0) is 35.9 Å². The smallest absolute Gasteiger partial charge is 0.253 e. The number of hydrogen-bond acceptors (Lipinski definition) is 6. The number of fused-ring (bicyclic) bond motifs is 1. The Labute approximate surface area is 168 Å². The van der Waals surface area contributed by atoms with E-state index in [0.29, 0.717) is 23.6 Å². The Hall–Kier alpha value is -3.27. The topological polar surface area (TPSA) is 112 Å². The van der Waals surface area contributed by atoms with Crippen LogP contribution in [0.1, 0.15) is 33.4 Å². The van der Waals surface area contributed by atoms with Crippen molar-refractivity contribution in [2.24, 2.45) is 0 Å². The second kappa shape index (κ2) is 7.28. The van der Waals surface area contributed by atoms with Gasteiger partial charge in [0.05, 0.1) is 30.1 Å². The minimum absolute atomic E-state index is 0.174. The van der Waals surface area contributed by atoms with Crippen molar-refractivity contribution in [2.75, 3.05) is 24.2 Å². The lowest BCUT2D eigenvalue weighted by Gasteiger charge is -2.18. The van der Waals surface area contributed by atoms with Gasteiger partial charge in [0, 0.05) is 25.4 Å². The Morgan fingerprint density at radius 3 is 2.76 bits per heavy atom. The maximum absolute atomic E-state index is 13.0. The van der Waals surface area contributed by atoms with E-state index in [1.165, 1.54) is 16.9 Å². The molecule has 1 aromatic carbocycles. The van der Waals surface area contributed by atoms with E-state index in [4.69, 9.17) is 0 Å². The summed E-state index contributed by atoms with van der Waals surface area (Å²) in [6, 6.07) is 10.6. The van der Waals surface area contributed by atoms with Crippen LogP contribution in [0.4, 0.5) is 5.69 Å². The number of rotatable bonds is 5. The van der Waals surface area contributed by atoms with Crippen LogP contribution in [0.25, 0.3) is 0 Å². The number of carbonyl (C=O) groups excluding carboxylic acids is 1. The van der Waals surface area contributed by atoms with Crippen molar-refractivity contribution in [3.8, 4) is 0 Å². The van der Waals surface area contributed by atoms with Gasteiger partial charge < -0.3 is 4.90 Å². The van der Waals surface area contributed by atoms with Gasteiger partial charge in [-0.15, -0.1) is 0 Å².